The second kappa shape index (κ2) is 13.6. The molecule has 0 saturated carbocycles. The minimum absolute atomic E-state index is 0.635. The summed E-state index contributed by atoms with van der Waals surface area (Å²) in [7, 11) is 0. The van der Waals surface area contributed by atoms with Gasteiger partial charge in [-0.25, -0.2) is 15.0 Å². The maximum Gasteiger partial charge on any atom is 0.164 e. The first-order valence-electron chi connectivity index (χ1n) is 21.2. The average molecular weight is 786 g/mol. The van der Waals surface area contributed by atoms with Gasteiger partial charge in [-0.2, -0.15) is 0 Å². The van der Waals surface area contributed by atoms with E-state index >= 15 is 0 Å². The van der Waals surface area contributed by atoms with Crippen LogP contribution in [0.15, 0.2) is 212 Å². The third-order valence-corrected chi connectivity index (χ3v) is 12.9. The van der Waals surface area contributed by atoms with Gasteiger partial charge in [0.15, 0.2) is 17.5 Å². The Hall–Kier alpha value is -8.27. The minimum Gasteiger partial charge on any atom is -0.208 e. The van der Waals surface area contributed by atoms with Crippen LogP contribution in [0.5, 0.6) is 0 Å². The second-order valence-electron chi connectivity index (χ2n) is 16.3. The highest BCUT2D eigenvalue weighted by Gasteiger charge is 2.24. The minimum atomic E-state index is 0.635. The van der Waals surface area contributed by atoms with Crippen LogP contribution in [0.3, 0.4) is 0 Å². The Bertz CT molecular complexity index is 3330. The quantitative estimate of drug-likeness (QED) is 0.169. The summed E-state index contributed by atoms with van der Waals surface area (Å²) in [4.78, 5) is 15.4. The molecule has 286 valence electrons. The van der Waals surface area contributed by atoms with Gasteiger partial charge in [-0.1, -0.05) is 212 Å². The van der Waals surface area contributed by atoms with E-state index in [2.05, 4.69) is 206 Å². The molecular formula is C59H35N3. The van der Waals surface area contributed by atoms with Crippen LogP contribution in [0, 0.1) is 0 Å². The number of hydrogen-bond acceptors (Lipinski definition) is 3. The Morgan fingerprint density at radius 1 is 0.177 bits per heavy atom. The average Bonchev–Trinajstić information content (AvgIpc) is 3.86. The normalized spacial score (nSPS) is 11.9. The van der Waals surface area contributed by atoms with E-state index in [1.165, 1.54) is 82.7 Å². The van der Waals surface area contributed by atoms with Gasteiger partial charge in [0.1, 0.15) is 0 Å². The first-order chi connectivity index (χ1) is 30.7. The van der Waals surface area contributed by atoms with E-state index in [9.17, 15) is 0 Å². The van der Waals surface area contributed by atoms with Crippen LogP contribution in [0.1, 0.15) is 0 Å². The molecule has 0 radical (unpaired) electrons. The number of benzene rings is 10. The molecule has 2 aliphatic rings. The summed E-state index contributed by atoms with van der Waals surface area (Å²) in [5.41, 5.74) is 20.3. The molecular weight excluding hydrogens is 751 g/mol. The lowest BCUT2D eigenvalue weighted by molar-refractivity contribution is 1.07. The Labute approximate surface area is 359 Å². The third-order valence-electron chi connectivity index (χ3n) is 12.9. The first kappa shape index (κ1) is 34.6. The predicted molar refractivity (Wildman–Crippen MR) is 256 cm³/mol. The highest BCUT2D eigenvalue weighted by atomic mass is 15.0. The fourth-order valence-corrected chi connectivity index (χ4v) is 9.92. The van der Waals surface area contributed by atoms with E-state index in [-0.39, 0.29) is 0 Å². The fraction of sp³-hybridized carbons (Fsp3) is 0. The number of hydrogen-bond donors (Lipinski definition) is 0. The van der Waals surface area contributed by atoms with Crippen LogP contribution in [-0.2, 0) is 0 Å². The lowest BCUT2D eigenvalue weighted by Gasteiger charge is -2.12. The van der Waals surface area contributed by atoms with Gasteiger partial charge in [0, 0.05) is 16.7 Å². The summed E-state index contributed by atoms with van der Waals surface area (Å²) in [6.07, 6.45) is 0. The van der Waals surface area contributed by atoms with Crippen LogP contribution in [0.25, 0.3) is 134 Å². The maximum absolute atomic E-state index is 5.16. The van der Waals surface area contributed by atoms with Gasteiger partial charge < -0.3 is 0 Å². The monoisotopic (exact) mass is 785 g/mol. The summed E-state index contributed by atoms with van der Waals surface area (Å²) in [6, 6.07) is 76.2. The van der Waals surface area contributed by atoms with Gasteiger partial charge in [-0.05, 0) is 99.4 Å². The first-order valence-corrected chi connectivity index (χ1v) is 21.2. The SMILES string of the molecule is c1ccc(-c2ccc(-c3nc(-c4ccc(-c5ccc6c7c(cccc57)-c5ccccc5-6)cc4)nc(-c4ccc(-c5ccc6c7c(cccc57)-c5ccccc5-6)cc4)n3)cc2)cc1. The predicted octanol–water partition coefficient (Wildman–Crippen LogP) is 15.5. The molecule has 0 unspecified atom stereocenters. The molecule has 1 aromatic heterocycles. The Balaban J connectivity index is 0.890. The van der Waals surface area contributed by atoms with Gasteiger partial charge in [0.2, 0.25) is 0 Å². The van der Waals surface area contributed by atoms with Crippen molar-refractivity contribution in [3.8, 4) is 112 Å². The van der Waals surface area contributed by atoms with Crippen molar-refractivity contribution in [3.05, 3.63) is 212 Å². The molecule has 10 aromatic carbocycles. The third kappa shape index (κ3) is 5.35. The van der Waals surface area contributed by atoms with Crippen LogP contribution in [0.4, 0.5) is 0 Å². The van der Waals surface area contributed by atoms with Gasteiger partial charge >= 0.3 is 0 Å². The van der Waals surface area contributed by atoms with Gasteiger partial charge in [-0.15, -0.1) is 0 Å². The van der Waals surface area contributed by atoms with E-state index in [0.717, 1.165) is 33.4 Å². The zero-order chi connectivity index (χ0) is 40.7. The summed E-state index contributed by atoms with van der Waals surface area (Å²) >= 11 is 0. The molecule has 3 heteroatoms. The van der Waals surface area contributed by atoms with E-state index in [0.29, 0.717) is 17.5 Å². The van der Waals surface area contributed by atoms with Crippen molar-refractivity contribution < 1.29 is 0 Å². The van der Waals surface area contributed by atoms with Crippen molar-refractivity contribution in [2.75, 3.05) is 0 Å². The largest absolute Gasteiger partial charge is 0.208 e. The molecule has 0 N–H and O–H groups in total. The van der Waals surface area contributed by atoms with Gasteiger partial charge in [0.25, 0.3) is 0 Å². The van der Waals surface area contributed by atoms with Crippen molar-refractivity contribution in [2.45, 2.75) is 0 Å². The smallest absolute Gasteiger partial charge is 0.164 e. The highest BCUT2D eigenvalue weighted by Crippen LogP contribution is 2.50. The molecule has 62 heavy (non-hydrogen) atoms. The molecule has 0 aliphatic heterocycles. The molecule has 0 saturated heterocycles. The standard InChI is InChI=1S/C59H35N3/c1-2-10-36(11-3-1)37-20-26-40(27-21-37)57-60-58(41-28-22-38(23-29-41)43-32-34-53-47-14-6-4-12-45(47)51-18-8-16-49(43)55(51)53)62-59(61-57)42-30-24-39(25-31-42)44-33-35-54-48-15-7-5-13-46(48)52-19-9-17-50(44)56(52)54/h1-35H. The van der Waals surface area contributed by atoms with Gasteiger partial charge in [0.05, 0.1) is 0 Å². The van der Waals surface area contributed by atoms with Crippen LogP contribution < -0.4 is 0 Å². The van der Waals surface area contributed by atoms with Crippen molar-refractivity contribution in [1.29, 1.82) is 0 Å². The molecule has 0 fully saturated rings. The molecule has 13 rings (SSSR count). The maximum atomic E-state index is 5.16. The molecule has 1 heterocycles. The zero-order valence-corrected chi connectivity index (χ0v) is 33.5. The van der Waals surface area contributed by atoms with E-state index in [4.69, 9.17) is 15.0 Å². The second-order valence-corrected chi connectivity index (χ2v) is 16.3. The summed E-state index contributed by atoms with van der Waals surface area (Å²) in [6.45, 7) is 0. The number of aromatic nitrogens is 3. The van der Waals surface area contributed by atoms with Crippen LogP contribution >= 0.6 is 0 Å². The Morgan fingerprint density at radius 3 is 0.871 bits per heavy atom. The molecule has 0 amide bonds. The van der Waals surface area contributed by atoms with Gasteiger partial charge in [-0.3, -0.25) is 0 Å². The fourth-order valence-electron chi connectivity index (χ4n) is 9.92. The zero-order valence-electron chi connectivity index (χ0n) is 33.5. The summed E-state index contributed by atoms with van der Waals surface area (Å²) in [5, 5.41) is 5.17. The molecule has 0 bridgehead atoms. The molecule has 3 nitrogen and oxygen atoms in total. The lowest BCUT2D eigenvalue weighted by Crippen LogP contribution is -2.00. The van der Waals surface area contributed by atoms with E-state index in [1.54, 1.807) is 0 Å². The Kier molecular flexibility index (Phi) is 7.60. The summed E-state index contributed by atoms with van der Waals surface area (Å²) < 4.78 is 0. The molecule has 11 aromatic rings. The number of rotatable bonds is 6. The summed E-state index contributed by atoms with van der Waals surface area (Å²) in [5.74, 6) is 1.91. The Morgan fingerprint density at radius 2 is 0.468 bits per heavy atom. The van der Waals surface area contributed by atoms with Crippen molar-refractivity contribution in [3.63, 3.8) is 0 Å². The topological polar surface area (TPSA) is 38.7 Å². The van der Waals surface area contributed by atoms with Crippen LogP contribution in [0.2, 0.25) is 0 Å². The lowest BCUT2D eigenvalue weighted by atomic mass is 9.94. The van der Waals surface area contributed by atoms with Crippen LogP contribution in [-0.4, -0.2) is 15.0 Å². The van der Waals surface area contributed by atoms with Crippen molar-refractivity contribution in [2.24, 2.45) is 0 Å². The molecule has 2 aliphatic carbocycles. The number of fused-ring (bicyclic) bond motifs is 6. The van der Waals surface area contributed by atoms with Crippen molar-refractivity contribution >= 4 is 21.5 Å². The van der Waals surface area contributed by atoms with E-state index in [1.807, 2.05) is 6.07 Å². The van der Waals surface area contributed by atoms with Crippen molar-refractivity contribution in [1.82, 2.24) is 15.0 Å². The van der Waals surface area contributed by atoms with E-state index < -0.39 is 0 Å². The highest BCUT2D eigenvalue weighted by molar-refractivity contribution is 6.20. The molecule has 0 atom stereocenters. The molecule has 0 spiro atoms. The number of nitrogens with zero attached hydrogens (tertiary/aromatic N) is 3.